The fourth-order valence-electron chi connectivity index (χ4n) is 2.28. The summed E-state index contributed by atoms with van der Waals surface area (Å²) < 4.78 is 13.9. The van der Waals surface area contributed by atoms with Gasteiger partial charge in [0.25, 0.3) is 0 Å². The maximum atomic E-state index is 13.9. The normalized spacial score (nSPS) is 14.7. The number of nitrogens with two attached hydrogens (primary N) is 1. The summed E-state index contributed by atoms with van der Waals surface area (Å²) in [7, 11) is 0. The van der Waals surface area contributed by atoms with Gasteiger partial charge in [-0.1, -0.05) is 32.1 Å². The molecule has 4 heteroatoms. The molecule has 0 atom stereocenters. The second-order valence-corrected chi connectivity index (χ2v) is 6.05. The lowest BCUT2D eigenvalue weighted by molar-refractivity contribution is 0.569. The number of hydrogen-bond donors (Lipinski definition) is 1. The molecular formula is C15H21FN2S. The van der Waals surface area contributed by atoms with Crippen LogP contribution in [0.4, 0.5) is 10.1 Å². The van der Waals surface area contributed by atoms with Crippen molar-refractivity contribution in [2.24, 2.45) is 11.7 Å². The van der Waals surface area contributed by atoms with Crippen molar-refractivity contribution in [2.45, 2.75) is 39.2 Å². The van der Waals surface area contributed by atoms with E-state index in [4.69, 9.17) is 18.0 Å². The van der Waals surface area contributed by atoms with Crippen LogP contribution >= 0.6 is 12.2 Å². The van der Waals surface area contributed by atoms with Crippen LogP contribution in [0.25, 0.3) is 0 Å². The van der Waals surface area contributed by atoms with Crippen LogP contribution in [0.1, 0.15) is 38.7 Å². The van der Waals surface area contributed by atoms with E-state index in [1.807, 2.05) is 6.07 Å². The van der Waals surface area contributed by atoms with Gasteiger partial charge in [-0.25, -0.2) is 4.39 Å². The number of rotatable bonds is 6. The van der Waals surface area contributed by atoms with Gasteiger partial charge >= 0.3 is 0 Å². The maximum absolute atomic E-state index is 13.9. The molecule has 0 unspecified atom stereocenters. The van der Waals surface area contributed by atoms with E-state index in [0.717, 1.165) is 18.7 Å². The Morgan fingerprint density at radius 1 is 1.47 bits per heavy atom. The van der Waals surface area contributed by atoms with Gasteiger partial charge in [0, 0.05) is 12.6 Å². The van der Waals surface area contributed by atoms with Crippen LogP contribution in [0.5, 0.6) is 0 Å². The van der Waals surface area contributed by atoms with Crippen LogP contribution in [-0.2, 0) is 0 Å². The molecule has 1 fully saturated rings. The summed E-state index contributed by atoms with van der Waals surface area (Å²) in [5.41, 5.74) is 6.95. The first-order chi connectivity index (χ1) is 9.00. The van der Waals surface area contributed by atoms with E-state index in [-0.39, 0.29) is 10.8 Å². The summed E-state index contributed by atoms with van der Waals surface area (Å²) in [4.78, 5) is 2.42. The van der Waals surface area contributed by atoms with Crippen molar-refractivity contribution in [1.82, 2.24) is 0 Å². The van der Waals surface area contributed by atoms with Gasteiger partial charge in [-0.05, 0) is 37.3 Å². The molecule has 1 saturated carbocycles. The predicted molar refractivity (Wildman–Crippen MR) is 82.1 cm³/mol. The molecule has 1 aromatic rings. The number of anilines is 1. The van der Waals surface area contributed by atoms with Crippen LogP contribution < -0.4 is 10.6 Å². The third-order valence-corrected chi connectivity index (χ3v) is 3.69. The SMILES string of the molecule is CC(C)CCN(c1cccc(F)c1C(N)=S)C1CC1. The van der Waals surface area contributed by atoms with Crippen molar-refractivity contribution < 1.29 is 4.39 Å². The first-order valence-electron chi connectivity index (χ1n) is 6.85. The predicted octanol–water partition coefficient (Wildman–Crippen LogP) is 3.47. The lowest BCUT2D eigenvalue weighted by Gasteiger charge is -2.28. The number of benzene rings is 1. The molecule has 19 heavy (non-hydrogen) atoms. The monoisotopic (exact) mass is 280 g/mol. The highest BCUT2D eigenvalue weighted by Crippen LogP contribution is 2.34. The molecule has 2 N–H and O–H groups in total. The summed E-state index contributed by atoms with van der Waals surface area (Å²) in [6.45, 7) is 5.33. The molecule has 0 spiro atoms. The third-order valence-electron chi connectivity index (χ3n) is 3.48. The third kappa shape index (κ3) is 3.44. The molecule has 0 radical (unpaired) electrons. The number of halogens is 1. The van der Waals surface area contributed by atoms with Gasteiger partial charge in [-0.15, -0.1) is 0 Å². The van der Waals surface area contributed by atoms with Crippen molar-refractivity contribution in [1.29, 1.82) is 0 Å². The summed E-state index contributed by atoms with van der Waals surface area (Å²) in [6, 6.07) is 5.60. The Morgan fingerprint density at radius 2 is 2.16 bits per heavy atom. The van der Waals surface area contributed by atoms with Gasteiger partial charge in [0.05, 0.1) is 11.3 Å². The van der Waals surface area contributed by atoms with Crippen LogP contribution in [0.3, 0.4) is 0 Å². The van der Waals surface area contributed by atoms with Crippen LogP contribution in [-0.4, -0.2) is 17.6 Å². The van der Waals surface area contributed by atoms with E-state index < -0.39 is 0 Å². The van der Waals surface area contributed by atoms with Gasteiger partial charge in [-0.2, -0.15) is 0 Å². The highest BCUT2D eigenvalue weighted by molar-refractivity contribution is 7.80. The zero-order valence-corrected chi connectivity index (χ0v) is 12.3. The van der Waals surface area contributed by atoms with Crippen molar-refractivity contribution in [3.8, 4) is 0 Å². The lowest BCUT2D eigenvalue weighted by Crippen LogP contribution is -2.30. The van der Waals surface area contributed by atoms with E-state index in [1.54, 1.807) is 6.07 Å². The Kier molecular flexibility index (Phi) is 4.40. The quantitative estimate of drug-likeness (QED) is 0.809. The summed E-state index contributed by atoms with van der Waals surface area (Å²) in [6.07, 6.45) is 3.43. The highest BCUT2D eigenvalue weighted by Gasteiger charge is 2.31. The minimum absolute atomic E-state index is 0.142. The molecule has 1 aromatic carbocycles. The molecule has 0 aromatic heterocycles. The number of nitrogens with zero attached hydrogens (tertiary/aromatic N) is 1. The number of hydrogen-bond acceptors (Lipinski definition) is 2. The van der Waals surface area contributed by atoms with Gasteiger partial charge in [0.2, 0.25) is 0 Å². The summed E-state index contributed by atoms with van der Waals surface area (Å²) >= 11 is 5.01. The van der Waals surface area contributed by atoms with Crippen LogP contribution in [0.2, 0.25) is 0 Å². The Morgan fingerprint density at radius 3 is 2.68 bits per heavy atom. The number of thiocarbonyl (C=S) groups is 1. The molecule has 0 saturated heterocycles. The van der Waals surface area contributed by atoms with Crippen LogP contribution in [0, 0.1) is 11.7 Å². The minimum atomic E-state index is -0.319. The molecule has 2 nitrogen and oxygen atoms in total. The van der Waals surface area contributed by atoms with E-state index in [9.17, 15) is 4.39 Å². The molecule has 0 amide bonds. The summed E-state index contributed by atoms with van der Waals surface area (Å²) in [5.74, 6) is 0.309. The fraction of sp³-hybridized carbons (Fsp3) is 0.533. The summed E-state index contributed by atoms with van der Waals surface area (Å²) in [5, 5.41) is 0. The average molecular weight is 280 g/mol. The highest BCUT2D eigenvalue weighted by atomic mass is 32.1. The zero-order chi connectivity index (χ0) is 14.0. The Hall–Kier alpha value is -1.16. The fourth-order valence-corrected chi connectivity index (χ4v) is 2.48. The van der Waals surface area contributed by atoms with Crippen molar-refractivity contribution >= 4 is 22.9 Å². The van der Waals surface area contributed by atoms with Gasteiger partial charge in [0.15, 0.2) is 0 Å². The molecule has 0 heterocycles. The first-order valence-corrected chi connectivity index (χ1v) is 7.26. The van der Waals surface area contributed by atoms with Crippen molar-refractivity contribution in [2.75, 3.05) is 11.4 Å². The zero-order valence-electron chi connectivity index (χ0n) is 11.5. The van der Waals surface area contributed by atoms with E-state index in [1.165, 1.54) is 18.9 Å². The average Bonchev–Trinajstić information content (AvgIpc) is 3.12. The second kappa shape index (κ2) is 5.87. The van der Waals surface area contributed by atoms with Crippen LogP contribution in [0.15, 0.2) is 18.2 Å². The minimum Gasteiger partial charge on any atom is -0.389 e. The van der Waals surface area contributed by atoms with E-state index in [2.05, 4.69) is 18.7 Å². The van der Waals surface area contributed by atoms with Crippen molar-refractivity contribution in [3.63, 3.8) is 0 Å². The topological polar surface area (TPSA) is 29.3 Å². The first kappa shape index (κ1) is 14.3. The Bertz CT molecular complexity index is 469. The standard InChI is InChI=1S/C15H21FN2S/c1-10(2)8-9-18(11-6-7-11)13-5-3-4-12(16)14(13)15(17)19/h3-5,10-11H,6-9H2,1-2H3,(H2,17,19). The molecule has 104 valence electrons. The molecule has 1 aliphatic rings. The maximum Gasteiger partial charge on any atom is 0.135 e. The van der Waals surface area contributed by atoms with Gasteiger partial charge in [0.1, 0.15) is 10.8 Å². The van der Waals surface area contributed by atoms with E-state index >= 15 is 0 Å². The molecule has 1 aliphatic carbocycles. The Labute approximate surface area is 119 Å². The molecule has 0 bridgehead atoms. The van der Waals surface area contributed by atoms with E-state index in [0.29, 0.717) is 17.5 Å². The second-order valence-electron chi connectivity index (χ2n) is 5.61. The smallest absolute Gasteiger partial charge is 0.135 e. The molecular weight excluding hydrogens is 259 g/mol. The molecule has 2 rings (SSSR count). The Balaban J connectivity index is 2.31. The largest absolute Gasteiger partial charge is 0.389 e. The molecule has 0 aliphatic heterocycles. The van der Waals surface area contributed by atoms with Gasteiger partial charge in [-0.3, -0.25) is 0 Å². The lowest BCUT2D eigenvalue weighted by atomic mass is 10.1. The van der Waals surface area contributed by atoms with Gasteiger partial charge < -0.3 is 10.6 Å². The van der Waals surface area contributed by atoms with Crippen molar-refractivity contribution in [3.05, 3.63) is 29.6 Å².